The van der Waals surface area contributed by atoms with Crippen molar-refractivity contribution in [2.45, 2.75) is 34.8 Å². The van der Waals surface area contributed by atoms with Crippen LogP contribution in [0.1, 0.15) is 25.3 Å². The number of hydrogen-bond donors (Lipinski definition) is 1. The Bertz CT molecular complexity index is 1030. The first kappa shape index (κ1) is 19.2. The van der Waals surface area contributed by atoms with E-state index in [1.807, 2.05) is 43.3 Å². The average molecular weight is 415 g/mol. The smallest absolute Gasteiger partial charge is 0.243 e. The third-order valence-electron chi connectivity index (χ3n) is 4.98. The molecule has 2 aliphatic heterocycles. The summed E-state index contributed by atoms with van der Waals surface area (Å²) in [6.07, 6.45) is 3.08. The molecule has 146 valence electrons. The van der Waals surface area contributed by atoms with Gasteiger partial charge in [-0.1, -0.05) is 43.3 Å². The number of sulfonamides is 1. The molecule has 1 atom stereocenters. The third kappa shape index (κ3) is 3.87. The maximum Gasteiger partial charge on any atom is 0.243 e. The Balaban J connectivity index is 1.58. The molecule has 2 aromatic rings. The molecule has 0 radical (unpaired) electrons. The molecule has 5 nitrogen and oxygen atoms in total. The van der Waals surface area contributed by atoms with E-state index in [0.717, 1.165) is 10.5 Å². The lowest BCUT2D eigenvalue weighted by atomic mass is 10.0. The molecule has 1 amide bonds. The molecule has 2 aliphatic rings. The molecule has 0 bridgehead atoms. The molecule has 0 saturated carbocycles. The Morgan fingerprint density at radius 1 is 1.14 bits per heavy atom. The average Bonchev–Trinajstić information content (AvgIpc) is 2.84. The Morgan fingerprint density at radius 2 is 1.93 bits per heavy atom. The maximum absolute atomic E-state index is 13.1. The highest BCUT2D eigenvalue weighted by molar-refractivity contribution is 8.00. The van der Waals surface area contributed by atoms with Gasteiger partial charge in [-0.2, -0.15) is 4.31 Å². The summed E-state index contributed by atoms with van der Waals surface area (Å²) in [6.45, 7) is 2.79. The summed E-state index contributed by atoms with van der Waals surface area (Å²) < 4.78 is 27.7. The van der Waals surface area contributed by atoms with Crippen molar-refractivity contribution in [1.82, 2.24) is 4.31 Å². The van der Waals surface area contributed by atoms with Gasteiger partial charge in [0, 0.05) is 29.7 Å². The van der Waals surface area contributed by atoms with E-state index >= 15 is 0 Å². The second kappa shape index (κ2) is 7.73. The Kier molecular flexibility index (Phi) is 5.31. The lowest BCUT2D eigenvalue weighted by molar-refractivity contribution is -0.116. The minimum atomic E-state index is -3.62. The van der Waals surface area contributed by atoms with Gasteiger partial charge >= 0.3 is 0 Å². The van der Waals surface area contributed by atoms with Gasteiger partial charge in [0.05, 0.1) is 10.6 Å². The minimum absolute atomic E-state index is 0.0818. The summed E-state index contributed by atoms with van der Waals surface area (Å²) in [6, 6.07) is 15.1. The molecule has 0 fully saturated rings. The molecule has 7 heteroatoms. The first-order chi connectivity index (χ1) is 13.4. The molecule has 0 saturated heterocycles. The molecule has 4 rings (SSSR count). The number of benzene rings is 2. The van der Waals surface area contributed by atoms with E-state index in [4.69, 9.17) is 0 Å². The number of fused-ring (bicyclic) bond motifs is 1. The van der Waals surface area contributed by atoms with Crippen molar-refractivity contribution in [2.24, 2.45) is 0 Å². The van der Waals surface area contributed by atoms with Gasteiger partial charge in [0.1, 0.15) is 0 Å². The first-order valence-corrected chi connectivity index (χ1v) is 11.6. The van der Waals surface area contributed by atoms with Gasteiger partial charge in [0.2, 0.25) is 15.9 Å². The zero-order valence-corrected chi connectivity index (χ0v) is 17.2. The molecule has 0 aromatic heterocycles. The van der Waals surface area contributed by atoms with E-state index in [1.54, 1.807) is 30.0 Å². The van der Waals surface area contributed by atoms with Crippen molar-refractivity contribution >= 4 is 39.0 Å². The lowest BCUT2D eigenvalue weighted by Gasteiger charge is -2.26. The van der Waals surface area contributed by atoms with E-state index in [1.165, 1.54) is 9.88 Å². The van der Waals surface area contributed by atoms with Crippen LogP contribution in [0.3, 0.4) is 0 Å². The van der Waals surface area contributed by atoms with Crippen molar-refractivity contribution < 1.29 is 13.2 Å². The number of hydrogen-bond acceptors (Lipinski definition) is 4. The fraction of sp³-hybridized carbons (Fsp3) is 0.286. The number of carbonyl (C=O) groups excluding carboxylic acids is 1. The molecule has 0 spiro atoms. The largest absolute Gasteiger partial charge is 0.325 e. The van der Waals surface area contributed by atoms with Crippen LogP contribution >= 0.6 is 11.8 Å². The van der Waals surface area contributed by atoms with Crippen LogP contribution in [-0.2, 0) is 14.8 Å². The van der Waals surface area contributed by atoms with Crippen LogP contribution in [-0.4, -0.2) is 37.0 Å². The fourth-order valence-electron chi connectivity index (χ4n) is 3.52. The topological polar surface area (TPSA) is 66.5 Å². The second-order valence-electron chi connectivity index (χ2n) is 7.05. The number of nitrogens with one attached hydrogen (secondary N) is 1. The molecule has 2 heterocycles. The summed E-state index contributed by atoms with van der Waals surface area (Å²) in [4.78, 5) is 13.1. The van der Waals surface area contributed by atoms with Crippen LogP contribution in [0.4, 0.5) is 5.69 Å². The zero-order valence-electron chi connectivity index (χ0n) is 15.6. The van der Waals surface area contributed by atoms with Gasteiger partial charge in [-0.15, -0.1) is 11.8 Å². The number of nitrogens with zero attached hydrogens (tertiary/aromatic N) is 1. The van der Waals surface area contributed by atoms with Crippen LogP contribution in [0.5, 0.6) is 0 Å². The molecule has 28 heavy (non-hydrogen) atoms. The van der Waals surface area contributed by atoms with Crippen molar-refractivity contribution in [3.05, 3.63) is 60.2 Å². The van der Waals surface area contributed by atoms with Crippen LogP contribution in [0, 0.1) is 0 Å². The highest BCUT2D eigenvalue weighted by Gasteiger charge is 2.28. The predicted octanol–water partition coefficient (Wildman–Crippen LogP) is 3.99. The monoisotopic (exact) mass is 414 g/mol. The summed E-state index contributed by atoms with van der Waals surface area (Å²) in [7, 11) is -3.62. The number of thioether (sulfide) groups is 1. The normalized spacial score (nSPS) is 20.7. The number of amides is 1. The summed E-state index contributed by atoms with van der Waals surface area (Å²) in [5.74, 6) is -0.0818. The van der Waals surface area contributed by atoms with Gasteiger partial charge in [-0.25, -0.2) is 8.42 Å². The van der Waals surface area contributed by atoms with Crippen LogP contribution in [0.25, 0.3) is 5.57 Å². The minimum Gasteiger partial charge on any atom is -0.325 e. The molecule has 0 aliphatic carbocycles. The van der Waals surface area contributed by atoms with E-state index in [0.29, 0.717) is 31.6 Å². The van der Waals surface area contributed by atoms with Crippen molar-refractivity contribution in [3.63, 3.8) is 0 Å². The molecule has 1 N–H and O–H groups in total. The van der Waals surface area contributed by atoms with E-state index < -0.39 is 10.0 Å². The van der Waals surface area contributed by atoms with Gasteiger partial charge in [-0.05, 0) is 35.8 Å². The molecule has 0 unspecified atom stereocenters. The third-order valence-corrected chi connectivity index (χ3v) is 8.02. The summed E-state index contributed by atoms with van der Waals surface area (Å²) in [5.41, 5.74) is 2.89. The Hall–Kier alpha value is -2.09. The molecular formula is C21H22N2O3S2. The number of anilines is 1. The number of carbonyl (C=O) groups is 1. The fourth-order valence-corrected chi connectivity index (χ4v) is 5.98. The SMILES string of the molecule is C[C@H]1CC(=O)Nc2cc(S(=O)(=O)N3CC=C(c4ccccc4)CC3)ccc2S1. The molecular weight excluding hydrogens is 392 g/mol. The zero-order chi connectivity index (χ0) is 19.7. The van der Waals surface area contributed by atoms with Crippen LogP contribution < -0.4 is 5.32 Å². The molecule has 2 aromatic carbocycles. The van der Waals surface area contributed by atoms with Gasteiger partial charge in [0.15, 0.2) is 0 Å². The maximum atomic E-state index is 13.1. The van der Waals surface area contributed by atoms with Crippen molar-refractivity contribution in [2.75, 3.05) is 18.4 Å². The second-order valence-corrected chi connectivity index (χ2v) is 10.5. The lowest BCUT2D eigenvalue weighted by Crippen LogP contribution is -2.34. The quantitative estimate of drug-likeness (QED) is 0.825. The first-order valence-electron chi connectivity index (χ1n) is 9.28. The summed E-state index contributed by atoms with van der Waals surface area (Å²) in [5, 5.41) is 3.00. The van der Waals surface area contributed by atoms with Gasteiger partial charge in [-0.3, -0.25) is 4.79 Å². The van der Waals surface area contributed by atoms with Gasteiger partial charge in [0.25, 0.3) is 0 Å². The van der Waals surface area contributed by atoms with Gasteiger partial charge < -0.3 is 5.32 Å². The van der Waals surface area contributed by atoms with E-state index in [2.05, 4.69) is 5.32 Å². The summed E-state index contributed by atoms with van der Waals surface area (Å²) >= 11 is 1.59. The van der Waals surface area contributed by atoms with E-state index in [-0.39, 0.29) is 16.1 Å². The Morgan fingerprint density at radius 3 is 2.64 bits per heavy atom. The van der Waals surface area contributed by atoms with Crippen LogP contribution in [0.2, 0.25) is 0 Å². The van der Waals surface area contributed by atoms with Crippen molar-refractivity contribution in [1.29, 1.82) is 0 Å². The van der Waals surface area contributed by atoms with E-state index in [9.17, 15) is 13.2 Å². The predicted molar refractivity (Wildman–Crippen MR) is 113 cm³/mol. The highest BCUT2D eigenvalue weighted by atomic mass is 32.2. The Labute approximate surface area is 169 Å². The number of rotatable bonds is 3. The standard InChI is InChI=1S/C21H22N2O3S2/c1-15-13-21(24)22-19-14-18(7-8-20(19)27-15)28(25,26)23-11-9-17(10-12-23)16-5-3-2-4-6-16/h2-9,14-15H,10-13H2,1H3,(H,22,24)/t15-/m0/s1. The van der Waals surface area contributed by atoms with Crippen molar-refractivity contribution in [3.8, 4) is 0 Å². The highest BCUT2D eigenvalue weighted by Crippen LogP contribution is 2.37. The van der Waals surface area contributed by atoms with Crippen LogP contribution in [0.15, 0.2) is 64.4 Å².